The van der Waals surface area contributed by atoms with Gasteiger partial charge < -0.3 is 10.5 Å². The number of rotatable bonds is 4. The van der Waals surface area contributed by atoms with E-state index in [1.807, 2.05) is 31.2 Å². The molecule has 0 aliphatic carbocycles. The molecule has 0 saturated heterocycles. The predicted octanol–water partition coefficient (Wildman–Crippen LogP) is 3.39. The molecule has 0 saturated carbocycles. The second-order valence-electron chi connectivity index (χ2n) is 4.69. The van der Waals surface area contributed by atoms with Crippen molar-refractivity contribution in [3.8, 4) is 5.75 Å². The van der Waals surface area contributed by atoms with Crippen LogP contribution in [0, 0.1) is 12.7 Å². The van der Waals surface area contributed by atoms with Gasteiger partial charge in [-0.3, -0.25) is 0 Å². The highest BCUT2D eigenvalue weighted by Gasteiger charge is 2.12. The second kappa shape index (κ2) is 5.85. The molecule has 100 valence electrons. The summed E-state index contributed by atoms with van der Waals surface area (Å²) in [5, 5.41) is 0. The monoisotopic (exact) mass is 259 g/mol. The highest BCUT2D eigenvalue weighted by molar-refractivity contribution is 5.32. The van der Waals surface area contributed by atoms with E-state index in [0.29, 0.717) is 12.0 Å². The van der Waals surface area contributed by atoms with Gasteiger partial charge in [0, 0.05) is 11.6 Å². The van der Waals surface area contributed by atoms with Gasteiger partial charge in [-0.25, -0.2) is 4.39 Å². The third-order valence-electron chi connectivity index (χ3n) is 3.14. The maximum Gasteiger partial charge on any atom is 0.128 e. The average molecular weight is 259 g/mol. The van der Waals surface area contributed by atoms with E-state index < -0.39 is 0 Å². The predicted molar refractivity (Wildman–Crippen MR) is 74.8 cm³/mol. The van der Waals surface area contributed by atoms with Crippen LogP contribution in [-0.4, -0.2) is 7.11 Å². The second-order valence-corrected chi connectivity index (χ2v) is 4.69. The van der Waals surface area contributed by atoms with E-state index in [4.69, 9.17) is 10.5 Å². The summed E-state index contributed by atoms with van der Waals surface area (Å²) >= 11 is 0. The smallest absolute Gasteiger partial charge is 0.128 e. The van der Waals surface area contributed by atoms with Crippen LogP contribution >= 0.6 is 0 Å². The fourth-order valence-corrected chi connectivity index (χ4v) is 2.11. The van der Waals surface area contributed by atoms with E-state index >= 15 is 0 Å². The first-order chi connectivity index (χ1) is 9.10. The van der Waals surface area contributed by atoms with Crippen molar-refractivity contribution >= 4 is 0 Å². The van der Waals surface area contributed by atoms with Crippen LogP contribution in [0.3, 0.4) is 0 Å². The molecule has 0 amide bonds. The van der Waals surface area contributed by atoms with E-state index in [9.17, 15) is 4.39 Å². The molecule has 2 N–H and O–H groups in total. The van der Waals surface area contributed by atoms with Gasteiger partial charge in [0.15, 0.2) is 0 Å². The van der Waals surface area contributed by atoms with Crippen LogP contribution in [0.4, 0.5) is 4.39 Å². The summed E-state index contributed by atoms with van der Waals surface area (Å²) in [5.74, 6) is 0.537. The Balaban J connectivity index is 2.20. The topological polar surface area (TPSA) is 35.2 Å². The molecule has 3 heteroatoms. The number of methoxy groups -OCH3 is 1. The van der Waals surface area contributed by atoms with Crippen LogP contribution in [0.25, 0.3) is 0 Å². The van der Waals surface area contributed by atoms with Crippen molar-refractivity contribution < 1.29 is 9.13 Å². The molecule has 0 heterocycles. The molecule has 0 aliphatic heterocycles. The van der Waals surface area contributed by atoms with Crippen molar-refractivity contribution in [1.82, 2.24) is 0 Å². The fraction of sp³-hybridized carbons (Fsp3) is 0.250. The molecule has 0 fully saturated rings. The Morgan fingerprint density at radius 2 is 2.00 bits per heavy atom. The Morgan fingerprint density at radius 1 is 1.21 bits per heavy atom. The van der Waals surface area contributed by atoms with Gasteiger partial charge in [0.2, 0.25) is 0 Å². The van der Waals surface area contributed by atoms with Gasteiger partial charge in [-0.05, 0) is 37.1 Å². The summed E-state index contributed by atoms with van der Waals surface area (Å²) < 4.78 is 18.9. The van der Waals surface area contributed by atoms with E-state index in [-0.39, 0.29) is 11.9 Å². The zero-order chi connectivity index (χ0) is 13.8. The van der Waals surface area contributed by atoms with E-state index in [0.717, 1.165) is 16.9 Å². The van der Waals surface area contributed by atoms with Gasteiger partial charge in [-0.15, -0.1) is 0 Å². The van der Waals surface area contributed by atoms with Crippen molar-refractivity contribution in [2.75, 3.05) is 7.11 Å². The van der Waals surface area contributed by atoms with E-state index in [1.165, 1.54) is 6.07 Å². The van der Waals surface area contributed by atoms with Gasteiger partial charge in [-0.2, -0.15) is 0 Å². The molecule has 0 aliphatic rings. The summed E-state index contributed by atoms with van der Waals surface area (Å²) in [4.78, 5) is 0. The van der Waals surface area contributed by atoms with Crippen LogP contribution in [0.2, 0.25) is 0 Å². The summed E-state index contributed by atoms with van der Waals surface area (Å²) in [6.07, 6.45) is 0.581. The summed E-state index contributed by atoms with van der Waals surface area (Å²) in [5.41, 5.74) is 8.71. The van der Waals surface area contributed by atoms with Gasteiger partial charge in [0.25, 0.3) is 0 Å². The third kappa shape index (κ3) is 3.32. The van der Waals surface area contributed by atoms with Crippen molar-refractivity contribution in [1.29, 1.82) is 0 Å². The zero-order valence-electron chi connectivity index (χ0n) is 11.2. The Labute approximate surface area is 113 Å². The molecule has 0 bridgehead atoms. The van der Waals surface area contributed by atoms with Crippen LogP contribution in [0.1, 0.15) is 22.7 Å². The summed E-state index contributed by atoms with van der Waals surface area (Å²) in [7, 11) is 1.62. The number of hydrogen-bond donors (Lipinski definition) is 1. The van der Waals surface area contributed by atoms with Crippen molar-refractivity contribution in [2.24, 2.45) is 5.73 Å². The lowest BCUT2D eigenvalue weighted by molar-refractivity contribution is 0.414. The lowest BCUT2D eigenvalue weighted by Gasteiger charge is -2.14. The zero-order valence-corrected chi connectivity index (χ0v) is 11.2. The van der Waals surface area contributed by atoms with Crippen LogP contribution in [0.15, 0.2) is 42.5 Å². The molecule has 19 heavy (non-hydrogen) atoms. The van der Waals surface area contributed by atoms with Gasteiger partial charge in [0.1, 0.15) is 11.6 Å². The van der Waals surface area contributed by atoms with Crippen LogP contribution < -0.4 is 10.5 Å². The van der Waals surface area contributed by atoms with Crippen LogP contribution in [0.5, 0.6) is 5.75 Å². The van der Waals surface area contributed by atoms with Gasteiger partial charge in [0.05, 0.1) is 7.11 Å². The molecular weight excluding hydrogens is 241 g/mol. The van der Waals surface area contributed by atoms with Crippen molar-refractivity contribution in [2.45, 2.75) is 19.4 Å². The molecule has 2 aromatic carbocycles. The number of benzene rings is 2. The van der Waals surface area contributed by atoms with E-state index in [1.54, 1.807) is 19.2 Å². The lowest BCUT2D eigenvalue weighted by Crippen LogP contribution is -2.15. The number of hydrogen-bond acceptors (Lipinski definition) is 2. The third-order valence-corrected chi connectivity index (χ3v) is 3.14. The number of ether oxygens (including phenoxy) is 1. The Morgan fingerprint density at radius 3 is 2.74 bits per heavy atom. The Hall–Kier alpha value is -1.87. The minimum absolute atomic E-state index is 0.249. The first kappa shape index (κ1) is 13.6. The summed E-state index contributed by atoms with van der Waals surface area (Å²) in [6.45, 7) is 1.93. The quantitative estimate of drug-likeness (QED) is 0.913. The van der Waals surface area contributed by atoms with Crippen molar-refractivity contribution in [3.63, 3.8) is 0 Å². The molecule has 2 rings (SSSR count). The normalized spacial score (nSPS) is 12.2. The van der Waals surface area contributed by atoms with Crippen LogP contribution in [-0.2, 0) is 6.42 Å². The fourth-order valence-electron chi connectivity index (χ4n) is 2.11. The Kier molecular flexibility index (Phi) is 4.17. The summed E-state index contributed by atoms with van der Waals surface area (Å²) in [6, 6.07) is 12.3. The molecule has 0 aromatic heterocycles. The maximum absolute atomic E-state index is 13.8. The largest absolute Gasteiger partial charge is 0.497 e. The first-order valence-corrected chi connectivity index (χ1v) is 6.24. The standard InChI is InChI=1S/C16H18FNO/c1-11-6-7-15(17)14(8-11)16(18)10-12-4-3-5-13(9-12)19-2/h3-9,16H,10,18H2,1-2H3. The molecule has 1 atom stereocenters. The van der Waals surface area contributed by atoms with Gasteiger partial charge >= 0.3 is 0 Å². The minimum Gasteiger partial charge on any atom is -0.497 e. The average Bonchev–Trinajstić information content (AvgIpc) is 2.41. The molecule has 2 aromatic rings. The first-order valence-electron chi connectivity index (χ1n) is 6.24. The molecule has 0 radical (unpaired) electrons. The highest BCUT2D eigenvalue weighted by Crippen LogP contribution is 2.22. The van der Waals surface area contributed by atoms with Gasteiger partial charge in [-0.1, -0.05) is 29.8 Å². The van der Waals surface area contributed by atoms with Crippen molar-refractivity contribution in [3.05, 3.63) is 65.0 Å². The van der Waals surface area contributed by atoms with E-state index in [2.05, 4.69) is 0 Å². The molecular formula is C16H18FNO. The lowest BCUT2D eigenvalue weighted by atomic mass is 9.98. The Bertz CT molecular complexity index is 568. The number of halogens is 1. The maximum atomic E-state index is 13.8. The SMILES string of the molecule is COc1cccc(CC(N)c2cc(C)ccc2F)c1. The molecule has 2 nitrogen and oxygen atoms in total. The number of nitrogens with two attached hydrogens (primary N) is 1. The highest BCUT2D eigenvalue weighted by atomic mass is 19.1. The minimum atomic E-state index is -0.355. The molecule has 1 unspecified atom stereocenters. The molecule has 0 spiro atoms. The number of aryl methyl sites for hydroxylation is 1.